The molecule has 2 atom stereocenters. The predicted octanol–water partition coefficient (Wildman–Crippen LogP) is 3.16. The summed E-state index contributed by atoms with van der Waals surface area (Å²) in [6.45, 7) is 5.01. The number of ether oxygens (including phenoxy) is 1. The van der Waals surface area contributed by atoms with Crippen molar-refractivity contribution < 1.29 is 14.6 Å². The molecule has 2 aromatic heterocycles. The largest absolute Gasteiger partial charge is 0.481 e. The highest BCUT2D eigenvalue weighted by atomic mass is 16.5. The van der Waals surface area contributed by atoms with Crippen molar-refractivity contribution in [1.82, 2.24) is 19.8 Å². The van der Waals surface area contributed by atoms with Crippen molar-refractivity contribution >= 4 is 11.8 Å². The van der Waals surface area contributed by atoms with Crippen LogP contribution in [0.3, 0.4) is 0 Å². The number of anilines is 1. The number of hydrogen-bond donors (Lipinski definition) is 2. The van der Waals surface area contributed by atoms with Crippen molar-refractivity contribution in [1.29, 1.82) is 0 Å². The molecule has 0 aliphatic carbocycles. The maximum atomic E-state index is 13.0. The lowest BCUT2D eigenvalue weighted by atomic mass is 10.0. The zero-order valence-electron chi connectivity index (χ0n) is 18.3. The minimum atomic E-state index is -0.432. The van der Waals surface area contributed by atoms with E-state index in [2.05, 4.69) is 22.2 Å². The summed E-state index contributed by atoms with van der Waals surface area (Å²) >= 11 is 0. The molecule has 1 saturated heterocycles. The molecule has 8 heteroatoms. The zero-order valence-corrected chi connectivity index (χ0v) is 18.3. The summed E-state index contributed by atoms with van der Waals surface area (Å²) in [6.07, 6.45) is 4.58. The molecular weight excluding hydrogens is 394 g/mol. The summed E-state index contributed by atoms with van der Waals surface area (Å²) < 4.78 is 5.14. The van der Waals surface area contributed by atoms with Gasteiger partial charge < -0.3 is 25.0 Å². The third kappa shape index (κ3) is 4.58. The fraction of sp³-hybridized carbons (Fsp3) is 0.522. The molecule has 31 heavy (non-hydrogen) atoms. The van der Waals surface area contributed by atoms with Gasteiger partial charge in [0.15, 0.2) is 0 Å². The maximum Gasteiger partial charge on any atom is 0.320 e. The van der Waals surface area contributed by atoms with Gasteiger partial charge in [-0.15, -0.1) is 0 Å². The first-order valence-corrected chi connectivity index (χ1v) is 11.1. The van der Waals surface area contributed by atoms with Crippen molar-refractivity contribution in [2.75, 3.05) is 38.6 Å². The van der Waals surface area contributed by atoms with Gasteiger partial charge >= 0.3 is 6.03 Å². The number of aliphatic hydroxyl groups is 1. The molecule has 1 fully saturated rings. The Balaban J connectivity index is 1.33. The molecule has 1 unspecified atom stereocenters. The summed E-state index contributed by atoms with van der Waals surface area (Å²) in [5.41, 5.74) is 2.89. The predicted molar refractivity (Wildman–Crippen MR) is 118 cm³/mol. The molecule has 4 heterocycles. The highest BCUT2D eigenvalue weighted by Crippen LogP contribution is 2.30. The third-order valence-corrected chi connectivity index (χ3v) is 6.16. The van der Waals surface area contributed by atoms with E-state index in [9.17, 15) is 9.90 Å². The molecule has 2 aliphatic heterocycles. The van der Waals surface area contributed by atoms with E-state index in [1.807, 2.05) is 34.1 Å². The van der Waals surface area contributed by atoms with Crippen molar-refractivity contribution in [3.8, 4) is 5.88 Å². The first-order chi connectivity index (χ1) is 15.1. The number of carbonyl (C=O) groups excluding carboxylic acids is 1. The number of pyridine rings is 2. The van der Waals surface area contributed by atoms with E-state index in [1.54, 1.807) is 13.3 Å². The number of rotatable bonds is 8. The van der Waals surface area contributed by atoms with Gasteiger partial charge in [0.05, 0.1) is 19.3 Å². The van der Waals surface area contributed by atoms with Gasteiger partial charge in [0.1, 0.15) is 5.82 Å². The standard InChI is InChI=1S/C23H31N5O3/c1-3-19(16-6-9-21(31-2)25-15-16)28-14-13-27(23(28)30)12-4-5-17-7-8-18-20(29)10-11-24-22(18)26-17/h6-9,15,19-20,29H,3-5,10-14H2,1-2H3,(H,24,26)/t19-,20?/m0/s1. The van der Waals surface area contributed by atoms with E-state index >= 15 is 0 Å². The number of aromatic nitrogens is 2. The van der Waals surface area contributed by atoms with Crippen molar-refractivity contribution in [3.63, 3.8) is 0 Å². The van der Waals surface area contributed by atoms with Crippen LogP contribution >= 0.6 is 0 Å². The second kappa shape index (κ2) is 9.51. The Kier molecular flexibility index (Phi) is 6.56. The molecule has 2 aliphatic rings. The molecule has 0 bridgehead atoms. The monoisotopic (exact) mass is 425 g/mol. The second-order valence-corrected chi connectivity index (χ2v) is 8.10. The van der Waals surface area contributed by atoms with Crippen LogP contribution in [0.1, 0.15) is 55.2 Å². The average Bonchev–Trinajstić information content (AvgIpc) is 3.15. The van der Waals surface area contributed by atoms with E-state index in [0.717, 1.165) is 61.5 Å². The summed E-state index contributed by atoms with van der Waals surface area (Å²) in [6, 6.07) is 7.89. The molecule has 0 aromatic carbocycles. The van der Waals surface area contributed by atoms with Crippen LogP contribution in [-0.2, 0) is 6.42 Å². The Bertz CT molecular complexity index is 905. The first-order valence-electron chi connectivity index (χ1n) is 11.1. The maximum absolute atomic E-state index is 13.0. The highest BCUT2D eigenvalue weighted by Gasteiger charge is 2.33. The molecule has 2 amide bonds. The van der Waals surface area contributed by atoms with Crippen LogP contribution < -0.4 is 10.1 Å². The minimum Gasteiger partial charge on any atom is -0.481 e. The van der Waals surface area contributed by atoms with E-state index < -0.39 is 6.10 Å². The third-order valence-electron chi connectivity index (χ3n) is 6.16. The number of amides is 2. The average molecular weight is 426 g/mol. The molecule has 166 valence electrons. The Morgan fingerprint density at radius 1 is 1.29 bits per heavy atom. The Morgan fingerprint density at radius 2 is 2.16 bits per heavy atom. The van der Waals surface area contributed by atoms with Crippen LogP contribution in [0.15, 0.2) is 30.5 Å². The number of urea groups is 1. The summed E-state index contributed by atoms with van der Waals surface area (Å²) in [5.74, 6) is 1.37. The number of fused-ring (bicyclic) bond motifs is 1. The number of methoxy groups -OCH3 is 1. The summed E-state index contributed by atoms with van der Waals surface area (Å²) in [7, 11) is 1.60. The zero-order chi connectivity index (χ0) is 21.8. The van der Waals surface area contributed by atoms with Gasteiger partial charge in [-0.2, -0.15) is 0 Å². The van der Waals surface area contributed by atoms with Crippen LogP contribution in [0.25, 0.3) is 0 Å². The van der Waals surface area contributed by atoms with Gasteiger partial charge in [0.2, 0.25) is 5.88 Å². The number of aryl methyl sites for hydroxylation is 1. The number of nitrogens with one attached hydrogen (secondary N) is 1. The second-order valence-electron chi connectivity index (χ2n) is 8.10. The van der Waals surface area contributed by atoms with Gasteiger partial charge in [-0.25, -0.2) is 14.8 Å². The van der Waals surface area contributed by atoms with Crippen molar-refractivity contribution in [2.45, 2.75) is 44.8 Å². The highest BCUT2D eigenvalue weighted by molar-refractivity contribution is 5.77. The van der Waals surface area contributed by atoms with Crippen molar-refractivity contribution in [3.05, 3.63) is 47.3 Å². The molecule has 0 spiro atoms. The minimum absolute atomic E-state index is 0.0238. The number of nitrogens with zero attached hydrogens (tertiary/aromatic N) is 4. The van der Waals surface area contributed by atoms with Crippen LogP contribution in [0.2, 0.25) is 0 Å². The lowest BCUT2D eigenvalue weighted by Gasteiger charge is -2.27. The quantitative estimate of drug-likeness (QED) is 0.675. The normalized spacial score (nSPS) is 19.2. The van der Waals surface area contributed by atoms with Gasteiger partial charge in [-0.05, 0) is 37.3 Å². The molecule has 2 N–H and O–H groups in total. The van der Waals surface area contributed by atoms with Crippen molar-refractivity contribution in [2.24, 2.45) is 0 Å². The van der Waals surface area contributed by atoms with Gasteiger partial charge in [-0.3, -0.25) is 0 Å². The topological polar surface area (TPSA) is 90.8 Å². The van der Waals surface area contributed by atoms with E-state index in [4.69, 9.17) is 4.74 Å². The lowest BCUT2D eigenvalue weighted by molar-refractivity contribution is 0.168. The molecule has 0 radical (unpaired) electrons. The fourth-order valence-electron chi connectivity index (χ4n) is 4.44. The van der Waals surface area contributed by atoms with Gasteiger partial charge in [0.25, 0.3) is 0 Å². The smallest absolute Gasteiger partial charge is 0.320 e. The Hall–Kier alpha value is -2.87. The molecular formula is C23H31N5O3. The van der Waals surface area contributed by atoms with Gasteiger partial charge in [-0.1, -0.05) is 19.1 Å². The van der Waals surface area contributed by atoms with E-state index in [0.29, 0.717) is 18.8 Å². The summed E-state index contributed by atoms with van der Waals surface area (Å²) in [5, 5.41) is 13.3. The van der Waals surface area contributed by atoms with E-state index in [-0.39, 0.29) is 12.1 Å². The SMILES string of the molecule is CC[C@@H](c1ccc(OC)nc1)N1CCN(CCCc2ccc3c(n2)NCCC3O)C1=O. The first kappa shape index (κ1) is 21.4. The van der Waals surface area contributed by atoms with Crippen LogP contribution in [0.5, 0.6) is 5.88 Å². The van der Waals surface area contributed by atoms with Crippen LogP contribution in [-0.4, -0.2) is 64.2 Å². The number of aliphatic hydroxyl groups excluding tert-OH is 1. The number of hydrogen-bond acceptors (Lipinski definition) is 6. The Labute approximate surface area is 183 Å². The molecule has 2 aromatic rings. The number of carbonyl (C=O) groups is 1. The van der Waals surface area contributed by atoms with Crippen LogP contribution in [0.4, 0.5) is 10.6 Å². The lowest BCUT2D eigenvalue weighted by Crippen LogP contribution is -2.35. The Morgan fingerprint density at radius 3 is 2.90 bits per heavy atom. The molecule has 0 saturated carbocycles. The molecule has 8 nitrogen and oxygen atoms in total. The van der Waals surface area contributed by atoms with Crippen LogP contribution in [0, 0.1) is 0 Å². The summed E-state index contributed by atoms with van der Waals surface area (Å²) in [4.78, 5) is 25.9. The van der Waals surface area contributed by atoms with Gasteiger partial charge in [0, 0.05) is 49.7 Å². The van der Waals surface area contributed by atoms with E-state index in [1.165, 1.54) is 0 Å². The molecule has 4 rings (SSSR count). The fourth-order valence-corrected chi connectivity index (χ4v) is 4.44.